The van der Waals surface area contributed by atoms with E-state index in [4.69, 9.17) is 21.1 Å². The van der Waals surface area contributed by atoms with E-state index in [1.54, 1.807) is 7.11 Å². The van der Waals surface area contributed by atoms with Gasteiger partial charge in [0, 0.05) is 24.4 Å². The zero-order valence-corrected chi connectivity index (χ0v) is 12.9. The van der Waals surface area contributed by atoms with Crippen LogP contribution in [-0.2, 0) is 22.6 Å². The van der Waals surface area contributed by atoms with Gasteiger partial charge in [-0.1, -0.05) is 35.9 Å². The molecule has 0 aliphatic heterocycles. The van der Waals surface area contributed by atoms with Gasteiger partial charge in [-0.25, -0.2) is 0 Å². The fourth-order valence-electron chi connectivity index (χ4n) is 1.95. The average Bonchev–Trinajstić information content (AvgIpc) is 2.50. The minimum Gasteiger partial charge on any atom is -0.382 e. The summed E-state index contributed by atoms with van der Waals surface area (Å²) < 4.78 is 10.5. The number of halogens is 1. The molecule has 3 nitrogen and oxygen atoms in total. The lowest BCUT2D eigenvalue weighted by atomic mass is 10.2. The van der Waals surface area contributed by atoms with E-state index in [1.165, 1.54) is 0 Å². The van der Waals surface area contributed by atoms with Crippen LogP contribution in [0, 0.1) is 0 Å². The third-order valence-corrected chi connectivity index (χ3v) is 3.25. The zero-order valence-electron chi connectivity index (χ0n) is 12.1. The summed E-state index contributed by atoms with van der Waals surface area (Å²) >= 11 is 5.98. The molecule has 1 N–H and O–H groups in total. The maximum atomic E-state index is 5.98. The summed E-state index contributed by atoms with van der Waals surface area (Å²) in [4.78, 5) is 0. The molecule has 0 bridgehead atoms. The first-order valence-electron chi connectivity index (χ1n) is 6.92. The topological polar surface area (TPSA) is 30.5 Å². The predicted octanol–water partition coefficient (Wildman–Crippen LogP) is 4.12. The standard InChI is InChI=1S/C17H20ClNO2/c1-20-8-9-21-13-15-5-3-7-17(11-15)19-12-14-4-2-6-16(18)10-14/h2-7,10-11,19H,8-9,12-13H2,1H3. The van der Waals surface area contributed by atoms with Crippen LogP contribution in [0.25, 0.3) is 0 Å². The van der Waals surface area contributed by atoms with E-state index in [1.807, 2.05) is 30.3 Å². The molecular formula is C17H20ClNO2. The van der Waals surface area contributed by atoms with E-state index in [0.717, 1.165) is 28.4 Å². The van der Waals surface area contributed by atoms with Crippen molar-refractivity contribution in [1.29, 1.82) is 0 Å². The number of anilines is 1. The minimum absolute atomic E-state index is 0.593. The average molecular weight is 306 g/mol. The van der Waals surface area contributed by atoms with Gasteiger partial charge < -0.3 is 14.8 Å². The molecule has 0 radical (unpaired) electrons. The monoisotopic (exact) mass is 305 g/mol. The third-order valence-electron chi connectivity index (χ3n) is 3.01. The number of ether oxygens (including phenoxy) is 2. The number of benzene rings is 2. The van der Waals surface area contributed by atoms with Crippen molar-refractivity contribution in [3.63, 3.8) is 0 Å². The summed E-state index contributed by atoms with van der Waals surface area (Å²) in [5.74, 6) is 0. The SMILES string of the molecule is COCCOCc1cccc(NCc2cccc(Cl)c2)c1. The van der Waals surface area contributed by atoms with Crippen LogP contribution >= 0.6 is 11.6 Å². The van der Waals surface area contributed by atoms with Crippen molar-refractivity contribution in [2.45, 2.75) is 13.2 Å². The smallest absolute Gasteiger partial charge is 0.0718 e. The highest BCUT2D eigenvalue weighted by Gasteiger charge is 1.98. The van der Waals surface area contributed by atoms with Gasteiger partial charge in [-0.2, -0.15) is 0 Å². The summed E-state index contributed by atoms with van der Waals surface area (Å²) in [5, 5.41) is 4.15. The Bertz CT molecular complexity index is 560. The number of methoxy groups -OCH3 is 1. The molecule has 0 heterocycles. The van der Waals surface area contributed by atoms with Gasteiger partial charge in [-0.3, -0.25) is 0 Å². The van der Waals surface area contributed by atoms with Gasteiger partial charge in [-0.05, 0) is 35.4 Å². The Morgan fingerprint density at radius 2 is 1.81 bits per heavy atom. The molecule has 112 valence electrons. The van der Waals surface area contributed by atoms with Gasteiger partial charge in [0.05, 0.1) is 19.8 Å². The Kier molecular flexibility index (Phi) is 6.54. The summed E-state index contributed by atoms with van der Waals surface area (Å²) in [6.45, 7) is 2.56. The lowest BCUT2D eigenvalue weighted by molar-refractivity contribution is 0.0617. The van der Waals surface area contributed by atoms with Gasteiger partial charge in [0.2, 0.25) is 0 Å². The summed E-state index contributed by atoms with van der Waals surface area (Å²) in [6, 6.07) is 16.1. The lowest BCUT2D eigenvalue weighted by Crippen LogP contribution is -2.03. The number of hydrogen-bond acceptors (Lipinski definition) is 3. The van der Waals surface area contributed by atoms with Crippen LogP contribution in [0.1, 0.15) is 11.1 Å². The van der Waals surface area contributed by atoms with Crippen LogP contribution in [-0.4, -0.2) is 20.3 Å². The molecular weight excluding hydrogens is 286 g/mol. The number of nitrogens with one attached hydrogen (secondary N) is 1. The molecule has 0 saturated heterocycles. The first kappa shape index (κ1) is 15.8. The van der Waals surface area contributed by atoms with Crippen molar-refractivity contribution < 1.29 is 9.47 Å². The largest absolute Gasteiger partial charge is 0.382 e. The molecule has 4 heteroatoms. The van der Waals surface area contributed by atoms with Crippen LogP contribution < -0.4 is 5.32 Å². The van der Waals surface area contributed by atoms with Crippen LogP contribution in [0.2, 0.25) is 5.02 Å². The second-order valence-corrected chi connectivity index (χ2v) is 5.17. The Hall–Kier alpha value is -1.55. The van der Waals surface area contributed by atoms with E-state index in [2.05, 4.69) is 23.5 Å². The second kappa shape index (κ2) is 8.67. The van der Waals surface area contributed by atoms with Gasteiger partial charge in [0.1, 0.15) is 0 Å². The molecule has 0 unspecified atom stereocenters. The molecule has 2 aromatic rings. The van der Waals surface area contributed by atoms with Gasteiger partial charge in [0.25, 0.3) is 0 Å². The van der Waals surface area contributed by atoms with Gasteiger partial charge >= 0.3 is 0 Å². The van der Waals surface area contributed by atoms with E-state index >= 15 is 0 Å². The van der Waals surface area contributed by atoms with E-state index in [9.17, 15) is 0 Å². The van der Waals surface area contributed by atoms with E-state index in [0.29, 0.717) is 19.8 Å². The van der Waals surface area contributed by atoms with Crippen molar-refractivity contribution in [2.24, 2.45) is 0 Å². The van der Waals surface area contributed by atoms with Crippen LogP contribution in [0.3, 0.4) is 0 Å². The molecule has 0 fully saturated rings. The van der Waals surface area contributed by atoms with Gasteiger partial charge in [0.15, 0.2) is 0 Å². The third kappa shape index (κ3) is 5.76. The van der Waals surface area contributed by atoms with Crippen molar-refractivity contribution >= 4 is 17.3 Å². The van der Waals surface area contributed by atoms with Gasteiger partial charge in [-0.15, -0.1) is 0 Å². The molecule has 0 saturated carbocycles. The maximum Gasteiger partial charge on any atom is 0.0718 e. The molecule has 0 amide bonds. The molecule has 0 atom stereocenters. The highest BCUT2D eigenvalue weighted by molar-refractivity contribution is 6.30. The number of rotatable bonds is 8. The highest BCUT2D eigenvalue weighted by atomic mass is 35.5. The van der Waals surface area contributed by atoms with Crippen LogP contribution in [0.5, 0.6) is 0 Å². The molecule has 0 aliphatic carbocycles. The Balaban J connectivity index is 1.86. The Morgan fingerprint density at radius 1 is 1.00 bits per heavy atom. The Labute approximate surface area is 130 Å². The molecule has 2 aromatic carbocycles. The maximum absolute atomic E-state index is 5.98. The van der Waals surface area contributed by atoms with Crippen LogP contribution in [0.15, 0.2) is 48.5 Å². The first-order chi connectivity index (χ1) is 10.3. The summed E-state index contributed by atoms with van der Waals surface area (Å²) in [6.07, 6.45) is 0. The van der Waals surface area contributed by atoms with Crippen molar-refractivity contribution in [1.82, 2.24) is 0 Å². The molecule has 21 heavy (non-hydrogen) atoms. The summed E-state index contributed by atoms with van der Waals surface area (Å²) in [7, 11) is 1.67. The first-order valence-corrected chi connectivity index (χ1v) is 7.29. The second-order valence-electron chi connectivity index (χ2n) is 4.73. The lowest BCUT2D eigenvalue weighted by Gasteiger charge is -2.09. The van der Waals surface area contributed by atoms with E-state index in [-0.39, 0.29) is 0 Å². The molecule has 0 aromatic heterocycles. The fraction of sp³-hybridized carbons (Fsp3) is 0.294. The molecule has 0 spiro atoms. The fourth-order valence-corrected chi connectivity index (χ4v) is 2.17. The minimum atomic E-state index is 0.593. The van der Waals surface area contributed by atoms with Crippen molar-refractivity contribution in [2.75, 3.05) is 25.6 Å². The zero-order chi connectivity index (χ0) is 14.9. The van der Waals surface area contributed by atoms with Crippen LogP contribution in [0.4, 0.5) is 5.69 Å². The van der Waals surface area contributed by atoms with E-state index < -0.39 is 0 Å². The van der Waals surface area contributed by atoms with Crippen molar-refractivity contribution in [3.05, 3.63) is 64.7 Å². The summed E-state index contributed by atoms with van der Waals surface area (Å²) in [5.41, 5.74) is 3.37. The predicted molar refractivity (Wildman–Crippen MR) is 86.8 cm³/mol. The molecule has 2 rings (SSSR count). The molecule has 0 aliphatic rings. The highest BCUT2D eigenvalue weighted by Crippen LogP contribution is 2.15. The Morgan fingerprint density at radius 3 is 2.62 bits per heavy atom. The quantitative estimate of drug-likeness (QED) is 0.744. The normalized spacial score (nSPS) is 10.6. The number of hydrogen-bond donors (Lipinski definition) is 1. The van der Waals surface area contributed by atoms with Crippen molar-refractivity contribution in [3.8, 4) is 0 Å².